The Labute approximate surface area is 81.7 Å². The zero-order valence-corrected chi connectivity index (χ0v) is 8.97. The Morgan fingerprint density at radius 3 is 2.38 bits per heavy atom. The van der Waals surface area contributed by atoms with Crippen LogP contribution < -0.4 is 11.1 Å². The summed E-state index contributed by atoms with van der Waals surface area (Å²) in [5.74, 6) is 0. The van der Waals surface area contributed by atoms with Crippen LogP contribution in [0.4, 0.5) is 0 Å². The van der Waals surface area contributed by atoms with Crippen LogP contribution in [0, 0.1) is 0 Å². The van der Waals surface area contributed by atoms with Gasteiger partial charge in [0.05, 0.1) is 5.60 Å². The molecular weight excluding hydrogens is 164 g/mol. The van der Waals surface area contributed by atoms with E-state index in [4.69, 9.17) is 5.73 Å². The van der Waals surface area contributed by atoms with Gasteiger partial charge in [-0.2, -0.15) is 0 Å². The summed E-state index contributed by atoms with van der Waals surface area (Å²) in [6, 6.07) is 0. The normalized spacial score (nSPS) is 15.7. The lowest BCUT2D eigenvalue weighted by Gasteiger charge is -2.22. The third kappa shape index (κ3) is 8.22. The van der Waals surface area contributed by atoms with Crippen molar-refractivity contribution in [3.8, 4) is 0 Å². The number of nitrogens with two attached hydrogens (primary N) is 1. The summed E-state index contributed by atoms with van der Waals surface area (Å²) in [6.45, 7) is 3.34. The molecule has 0 aliphatic rings. The van der Waals surface area contributed by atoms with Crippen LogP contribution in [0.25, 0.3) is 0 Å². The van der Waals surface area contributed by atoms with Crippen LogP contribution in [0.1, 0.15) is 39.0 Å². The number of aliphatic hydroxyl groups is 1. The molecule has 0 aromatic rings. The van der Waals surface area contributed by atoms with Gasteiger partial charge in [-0.15, -0.1) is 0 Å². The maximum absolute atomic E-state index is 9.78. The van der Waals surface area contributed by atoms with Crippen molar-refractivity contribution in [2.45, 2.75) is 44.6 Å². The Hall–Kier alpha value is -0.120. The highest BCUT2D eigenvalue weighted by Gasteiger charge is 2.17. The van der Waals surface area contributed by atoms with E-state index in [9.17, 15) is 5.11 Å². The van der Waals surface area contributed by atoms with Gasteiger partial charge in [-0.1, -0.05) is 19.3 Å². The van der Waals surface area contributed by atoms with Gasteiger partial charge >= 0.3 is 0 Å². The molecule has 0 aliphatic heterocycles. The standard InChI is InChI=1S/C10H24N2O/c1-10(13,9-12-2)7-5-3-4-6-8-11/h12-13H,3-9,11H2,1-2H3. The quantitative estimate of drug-likeness (QED) is 0.495. The topological polar surface area (TPSA) is 58.3 Å². The summed E-state index contributed by atoms with van der Waals surface area (Å²) in [5.41, 5.74) is 4.84. The zero-order valence-electron chi connectivity index (χ0n) is 8.97. The minimum Gasteiger partial charge on any atom is -0.389 e. The van der Waals surface area contributed by atoms with Gasteiger partial charge in [-0.3, -0.25) is 0 Å². The third-order valence-corrected chi connectivity index (χ3v) is 2.23. The van der Waals surface area contributed by atoms with E-state index >= 15 is 0 Å². The molecular formula is C10H24N2O. The van der Waals surface area contributed by atoms with Gasteiger partial charge in [0.2, 0.25) is 0 Å². The predicted molar refractivity (Wildman–Crippen MR) is 56.7 cm³/mol. The molecule has 0 saturated heterocycles. The molecule has 0 aromatic carbocycles. The van der Waals surface area contributed by atoms with Gasteiger partial charge in [0, 0.05) is 6.54 Å². The predicted octanol–water partition coefficient (Wildman–Crippen LogP) is 0.866. The minimum absolute atomic E-state index is 0.544. The number of unbranched alkanes of at least 4 members (excludes halogenated alkanes) is 3. The molecule has 3 nitrogen and oxygen atoms in total. The minimum atomic E-state index is -0.544. The van der Waals surface area contributed by atoms with E-state index in [0.717, 1.165) is 25.8 Å². The fourth-order valence-electron chi connectivity index (χ4n) is 1.47. The summed E-state index contributed by atoms with van der Waals surface area (Å²) in [6.07, 6.45) is 5.43. The number of hydrogen-bond donors (Lipinski definition) is 3. The molecule has 0 saturated carbocycles. The van der Waals surface area contributed by atoms with Crippen LogP contribution in [0.3, 0.4) is 0 Å². The van der Waals surface area contributed by atoms with Crippen molar-refractivity contribution in [3.05, 3.63) is 0 Å². The van der Waals surface area contributed by atoms with Crippen molar-refractivity contribution in [3.63, 3.8) is 0 Å². The van der Waals surface area contributed by atoms with Crippen LogP contribution in [-0.4, -0.2) is 30.8 Å². The van der Waals surface area contributed by atoms with Crippen LogP contribution >= 0.6 is 0 Å². The largest absolute Gasteiger partial charge is 0.389 e. The highest BCUT2D eigenvalue weighted by molar-refractivity contribution is 4.74. The molecule has 0 aromatic heterocycles. The van der Waals surface area contributed by atoms with Crippen molar-refractivity contribution in [2.24, 2.45) is 5.73 Å². The van der Waals surface area contributed by atoms with E-state index in [-0.39, 0.29) is 0 Å². The molecule has 0 amide bonds. The first-order valence-corrected chi connectivity index (χ1v) is 5.19. The van der Waals surface area contributed by atoms with Gasteiger partial charge in [0.15, 0.2) is 0 Å². The first-order valence-electron chi connectivity index (χ1n) is 5.19. The molecule has 0 bridgehead atoms. The molecule has 1 unspecified atom stereocenters. The van der Waals surface area contributed by atoms with E-state index in [1.165, 1.54) is 12.8 Å². The number of rotatable bonds is 8. The Bertz CT molecular complexity index is 115. The van der Waals surface area contributed by atoms with Crippen LogP contribution in [-0.2, 0) is 0 Å². The molecule has 0 fully saturated rings. The highest BCUT2D eigenvalue weighted by Crippen LogP contribution is 2.13. The lowest BCUT2D eigenvalue weighted by atomic mass is 9.98. The van der Waals surface area contributed by atoms with E-state index < -0.39 is 5.60 Å². The molecule has 0 spiro atoms. The van der Waals surface area contributed by atoms with Gasteiger partial charge in [0.1, 0.15) is 0 Å². The van der Waals surface area contributed by atoms with Gasteiger partial charge in [0.25, 0.3) is 0 Å². The molecule has 0 aliphatic carbocycles. The molecule has 0 heterocycles. The summed E-state index contributed by atoms with van der Waals surface area (Å²) >= 11 is 0. The summed E-state index contributed by atoms with van der Waals surface area (Å²) < 4.78 is 0. The lowest BCUT2D eigenvalue weighted by molar-refractivity contribution is 0.0500. The summed E-state index contributed by atoms with van der Waals surface area (Å²) in [7, 11) is 1.86. The highest BCUT2D eigenvalue weighted by atomic mass is 16.3. The Kier molecular flexibility index (Phi) is 7.23. The number of hydrogen-bond acceptors (Lipinski definition) is 3. The average Bonchev–Trinajstić information content (AvgIpc) is 2.04. The zero-order chi connectivity index (χ0) is 10.2. The van der Waals surface area contributed by atoms with E-state index in [1.54, 1.807) is 0 Å². The van der Waals surface area contributed by atoms with Crippen molar-refractivity contribution >= 4 is 0 Å². The maximum Gasteiger partial charge on any atom is 0.0743 e. The Morgan fingerprint density at radius 2 is 1.85 bits per heavy atom. The second-order valence-electron chi connectivity index (χ2n) is 3.98. The second-order valence-corrected chi connectivity index (χ2v) is 3.98. The van der Waals surface area contributed by atoms with Crippen molar-refractivity contribution < 1.29 is 5.11 Å². The molecule has 0 rings (SSSR count). The fourth-order valence-corrected chi connectivity index (χ4v) is 1.47. The first-order chi connectivity index (χ1) is 6.12. The molecule has 3 heteroatoms. The maximum atomic E-state index is 9.78. The second kappa shape index (κ2) is 7.30. The average molecular weight is 188 g/mol. The lowest BCUT2D eigenvalue weighted by Crippen LogP contribution is -2.35. The molecule has 4 N–H and O–H groups in total. The van der Waals surface area contributed by atoms with Crippen LogP contribution in [0.15, 0.2) is 0 Å². The number of nitrogens with one attached hydrogen (secondary N) is 1. The Balaban J connectivity index is 3.29. The van der Waals surface area contributed by atoms with Gasteiger partial charge in [-0.25, -0.2) is 0 Å². The smallest absolute Gasteiger partial charge is 0.0743 e. The Morgan fingerprint density at radius 1 is 1.23 bits per heavy atom. The number of likely N-dealkylation sites (N-methyl/N-ethyl adjacent to an activating group) is 1. The van der Waals surface area contributed by atoms with Gasteiger partial charge < -0.3 is 16.2 Å². The third-order valence-electron chi connectivity index (χ3n) is 2.23. The first kappa shape index (κ1) is 12.9. The van der Waals surface area contributed by atoms with Crippen molar-refractivity contribution in [2.75, 3.05) is 20.1 Å². The fraction of sp³-hybridized carbons (Fsp3) is 1.00. The molecule has 13 heavy (non-hydrogen) atoms. The monoisotopic (exact) mass is 188 g/mol. The van der Waals surface area contributed by atoms with Crippen LogP contribution in [0.2, 0.25) is 0 Å². The van der Waals surface area contributed by atoms with E-state index in [2.05, 4.69) is 5.32 Å². The van der Waals surface area contributed by atoms with E-state index in [0.29, 0.717) is 6.54 Å². The summed E-state index contributed by atoms with van der Waals surface area (Å²) in [4.78, 5) is 0. The molecule has 0 radical (unpaired) electrons. The van der Waals surface area contributed by atoms with Crippen LogP contribution in [0.5, 0.6) is 0 Å². The molecule has 1 atom stereocenters. The van der Waals surface area contributed by atoms with Gasteiger partial charge in [-0.05, 0) is 33.4 Å². The van der Waals surface area contributed by atoms with Crippen molar-refractivity contribution in [1.82, 2.24) is 5.32 Å². The SMILES string of the molecule is CNCC(C)(O)CCCCCCN. The summed E-state index contributed by atoms with van der Waals surface area (Å²) in [5, 5.41) is 12.8. The van der Waals surface area contributed by atoms with Crippen molar-refractivity contribution in [1.29, 1.82) is 0 Å². The molecule has 80 valence electrons. The van der Waals surface area contributed by atoms with E-state index in [1.807, 2.05) is 14.0 Å².